The van der Waals surface area contributed by atoms with Gasteiger partial charge in [0.2, 0.25) is 0 Å². The molecule has 1 aromatic heterocycles. The van der Waals surface area contributed by atoms with Crippen molar-refractivity contribution in [3.8, 4) is 6.07 Å². The number of aliphatic carboxylic acids is 1. The Hall–Kier alpha value is -2.13. The zero-order valence-electron chi connectivity index (χ0n) is 10.6. The van der Waals surface area contributed by atoms with Crippen LogP contribution >= 0.6 is 0 Å². The van der Waals surface area contributed by atoms with E-state index < -0.39 is 5.97 Å². The second kappa shape index (κ2) is 6.16. The maximum atomic E-state index is 10.5. The van der Waals surface area contributed by atoms with Gasteiger partial charge in [0, 0.05) is 32.7 Å². The Balaban J connectivity index is 1.89. The van der Waals surface area contributed by atoms with Crippen molar-refractivity contribution in [2.45, 2.75) is 6.42 Å². The highest BCUT2D eigenvalue weighted by molar-refractivity contribution is 5.66. The van der Waals surface area contributed by atoms with E-state index in [9.17, 15) is 4.79 Å². The Kier molecular flexibility index (Phi) is 4.31. The molecule has 1 aliphatic heterocycles. The molecule has 19 heavy (non-hydrogen) atoms. The number of nitriles is 1. The van der Waals surface area contributed by atoms with Crippen molar-refractivity contribution in [3.05, 3.63) is 23.9 Å². The van der Waals surface area contributed by atoms with Crippen LogP contribution in [0.3, 0.4) is 0 Å². The molecule has 6 heteroatoms. The predicted molar refractivity (Wildman–Crippen MR) is 69.9 cm³/mol. The SMILES string of the molecule is N#Cc1cccc(N2CCN(CCC(=O)O)CC2)n1. The molecule has 2 rings (SSSR count). The summed E-state index contributed by atoms with van der Waals surface area (Å²) in [6.45, 7) is 3.86. The van der Waals surface area contributed by atoms with Crippen molar-refractivity contribution in [3.63, 3.8) is 0 Å². The summed E-state index contributed by atoms with van der Waals surface area (Å²) in [5.74, 6) is 0.0581. The van der Waals surface area contributed by atoms with Gasteiger partial charge in [0.1, 0.15) is 17.6 Å². The zero-order chi connectivity index (χ0) is 13.7. The number of hydrogen-bond donors (Lipinski definition) is 1. The van der Waals surface area contributed by atoms with Crippen LogP contribution in [0.15, 0.2) is 18.2 Å². The summed E-state index contributed by atoms with van der Waals surface area (Å²) >= 11 is 0. The van der Waals surface area contributed by atoms with E-state index >= 15 is 0 Å². The summed E-state index contributed by atoms with van der Waals surface area (Å²) in [7, 11) is 0. The molecule has 1 N–H and O–H groups in total. The molecule has 0 spiro atoms. The van der Waals surface area contributed by atoms with E-state index in [1.807, 2.05) is 18.2 Å². The lowest BCUT2D eigenvalue weighted by atomic mass is 10.2. The van der Waals surface area contributed by atoms with Crippen molar-refractivity contribution in [1.82, 2.24) is 9.88 Å². The molecule has 0 amide bonds. The maximum absolute atomic E-state index is 10.5. The third-order valence-corrected chi connectivity index (χ3v) is 3.19. The summed E-state index contributed by atoms with van der Waals surface area (Å²) in [6, 6.07) is 7.45. The van der Waals surface area contributed by atoms with E-state index in [2.05, 4.69) is 14.8 Å². The van der Waals surface area contributed by atoms with E-state index in [0.717, 1.165) is 32.0 Å². The summed E-state index contributed by atoms with van der Waals surface area (Å²) in [6.07, 6.45) is 0.183. The normalized spacial score (nSPS) is 16.1. The minimum atomic E-state index is -0.759. The van der Waals surface area contributed by atoms with Crippen LogP contribution in [0.5, 0.6) is 0 Å². The van der Waals surface area contributed by atoms with Crippen molar-refractivity contribution >= 4 is 11.8 Å². The number of carbonyl (C=O) groups is 1. The number of aromatic nitrogens is 1. The van der Waals surface area contributed by atoms with E-state index in [1.165, 1.54) is 0 Å². The van der Waals surface area contributed by atoms with Gasteiger partial charge in [-0.2, -0.15) is 5.26 Å². The van der Waals surface area contributed by atoms with Gasteiger partial charge in [0.25, 0.3) is 0 Å². The highest BCUT2D eigenvalue weighted by Crippen LogP contribution is 2.14. The Morgan fingerprint density at radius 3 is 2.74 bits per heavy atom. The molecule has 0 bridgehead atoms. The van der Waals surface area contributed by atoms with Crippen LogP contribution in [0.4, 0.5) is 5.82 Å². The van der Waals surface area contributed by atoms with Gasteiger partial charge in [-0.15, -0.1) is 0 Å². The average Bonchev–Trinajstić information content (AvgIpc) is 2.45. The quantitative estimate of drug-likeness (QED) is 0.851. The number of rotatable bonds is 4. The number of hydrogen-bond acceptors (Lipinski definition) is 5. The molecule has 2 heterocycles. The Morgan fingerprint density at radius 1 is 1.37 bits per heavy atom. The number of carboxylic acids is 1. The zero-order valence-corrected chi connectivity index (χ0v) is 10.6. The topological polar surface area (TPSA) is 80.5 Å². The van der Waals surface area contributed by atoms with Gasteiger partial charge >= 0.3 is 5.97 Å². The smallest absolute Gasteiger partial charge is 0.304 e. The molecule has 0 aliphatic carbocycles. The first-order valence-corrected chi connectivity index (χ1v) is 6.25. The lowest BCUT2D eigenvalue weighted by molar-refractivity contribution is -0.137. The number of anilines is 1. The minimum Gasteiger partial charge on any atom is -0.481 e. The van der Waals surface area contributed by atoms with Crippen LogP contribution in [0.2, 0.25) is 0 Å². The van der Waals surface area contributed by atoms with Crippen molar-refractivity contribution in [2.24, 2.45) is 0 Å². The summed E-state index contributed by atoms with van der Waals surface area (Å²) in [5, 5.41) is 17.5. The molecule has 1 fully saturated rings. The molecule has 0 unspecified atom stereocenters. The van der Waals surface area contributed by atoms with Crippen molar-refractivity contribution in [2.75, 3.05) is 37.6 Å². The molecule has 0 aromatic carbocycles. The number of nitrogens with zero attached hydrogens (tertiary/aromatic N) is 4. The van der Waals surface area contributed by atoms with Crippen LogP contribution in [0, 0.1) is 11.3 Å². The monoisotopic (exact) mass is 260 g/mol. The second-order valence-corrected chi connectivity index (χ2v) is 4.47. The molecular formula is C13H16N4O2. The third-order valence-electron chi connectivity index (χ3n) is 3.19. The van der Waals surface area contributed by atoms with E-state index in [1.54, 1.807) is 6.07 Å². The first-order valence-electron chi connectivity index (χ1n) is 6.25. The van der Waals surface area contributed by atoms with Gasteiger partial charge < -0.3 is 10.0 Å². The highest BCUT2D eigenvalue weighted by Gasteiger charge is 2.18. The summed E-state index contributed by atoms with van der Waals surface area (Å²) < 4.78 is 0. The van der Waals surface area contributed by atoms with Crippen LogP contribution in [0.1, 0.15) is 12.1 Å². The Labute approximate surface area is 111 Å². The van der Waals surface area contributed by atoms with Crippen LogP contribution < -0.4 is 4.90 Å². The molecule has 0 atom stereocenters. The fourth-order valence-electron chi connectivity index (χ4n) is 2.12. The van der Waals surface area contributed by atoms with Crippen LogP contribution in [-0.2, 0) is 4.79 Å². The standard InChI is InChI=1S/C13H16N4O2/c14-10-11-2-1-3-12(15-11)17-8-6-16(7-9-17)5-4-13(18)19/h1-3H,4-9H2,(H,18,19). The summed E-state index contributed by atoms with van der Waals surface area (Å²) in [4.78, 5) is 19.0. The molecule has 0 radical (unpaired) electrons. The number of piperazine rings is 1. The molecule has 1 saturated heterocycles. The molecular weight excluding hydrogens is 244 g/mol. The van der Waals surface area contributed by atoms with Crippen LogP contribution in [-0.4, -0.2) is 53.7 Å². The Morgan fingerprint density at radius 2 is 2.11 bits per heavy atom. The number of pyridine rings is 1. The van der Waals surface area contributed by atoms with Gasteiger partial charge in [-0.3, -0.25) is 9.69 Å². The fraction of sp³-hybridized carbons (Fsp3) is 0.462. The lowest BCUT2D eigenvalue weighted by Gasteiger charge is -2.35. The van der Waals surface area contributed by atoms with Crippen molar-refractivity contribution in [1.29, 1.82) is 5.26 Å². The molecule has 1 aromatic rings. The van der Waals surface area contributed by atoms with Gasteiger partial charge in [0.15, 0.2) is 0 Å². The fourth-order valence-corrected chi connectivity index (χ4v) is 2.12. The van der Waals surface area contributed by atoms with Gasteiger partial charge in [-0.05, 0) is 12.1 Å². The molecule has 1 aliphatic rings. The minimum absolute atomic E-state index is 0.183. The van der Waals surface area contributed by atoms with Gasteiger partial charge in [0.05, 0.1) is 6.42 Å². The van der Waals surface area contributed by atoms with Gasteiger partial charge in [-0.1, -0.05) is 6.07 Å². The molecule has 100 valence electrons. The third kappa shape index (κ3) is 3.66. The van der Waals surface area contributed by atoms with Gasteiger partial charge in [-0.25, -0.2) is 4.98 Å². The lowest BCUT2D eigenvalue weighted by Crippen LogP contribution is -2.47. The van der Waals surface area contributed by atoms with Crippen molar-refractivity contribution < 1.29 is 9.90 Å². The van der Waals surface area contributed by atoms with E-state index in [-0.39, 0.29) is 6.42 Å². The Bertz CT molecular complexity index is 490. The largest absolute Gasteiger partial charge is 0.481 e. The maximum Gasteiger partial charge on any atom is 0.304 e. The second-order valence-electron chi connectivity index (χ2n) is 4.47. The van der Waals surface area contributed by atoms with E-state index in [0.29, 0.717) is 12.2 Å². The highest BCUT2D eigenvalue weighted by atomic mass is 16.4. The summed E-state index contributed by atoms with van der Waals surface area (Å²) in [5.41, 5.74) is 0.422. The average molecular weight is 260 g/mol. The first-order chi connectivity index (χ1) is 9.19. The molecule has 6 nitrogen and oxygen atoms in total. The van der Waals surface area contributed by atoms with Crippen LogP contribution in [0.25, 0.3) is 0 Å². The number of carboxylic acid groups (broad SMARTS) is 1. The predicted octanol–water partition coefficient (Wildman–Crippen LogP) is 0.550. The van der Waals surface area contributed by atoms with E-state index in [4.69, 9.17) is 10.4 Å². The molecule has 0 saturated carbocycles. The first kappa shape index (κ1) is 13.3.